The maximum atomic E-state index is 11.4. The molecule has 19 heavy (non-hydrogen) atoms. The first-order valence-corrected chi connectivity index (χ1v) is 6.44. The van der Waals surface area contributed by atoms with Gasteiger partial charge in [-0.3, -0.25) is 0 Å². The zero-order valence-corrected chi connectivity index (χ0v) is 11.6. The highest BCUT2D eigenvalue weighted by Gasteiger charge is 2.15. The second-order valence-electron chi connectivity index (χ2n) is 4.36. The number of esters is 1. The maximum Gasteiger partial charge on any atom is 0.347 e. The lowest BCUT2D eigenvalue weighted by Gasteiger charge is -2.13. The maximum absolute atomic E-state index is 11.4. The van der Waals surface area contributed by atoms with Gasteiger partial charge in [0.15, 0.2) is 6.10 Å². The topological polar surface area (TPSA) is 52.6 Å². The van der Waals surface area contributed by atoms with Crippen LogP contribution in [0, 0.1) is 0 Å². The Labute approximate surface area is 113 Å². The minimum Gasteiger partial charge on any atom is -0.479 e. The molecule has 0 amide bonds. The van der Waals surface area contributed by atoms with Crippen molar-refractivity contribution in [3.63, 3.8) is 0 Å². The first kappa shape index (κ1) is 15.2. The fourth-order valence-electron chi connectivity index (χ4n) is 1.57. The summed E-state index contributed by atoms with van der Waals surface area (Å²) < 4.78 is 10.3. The van der Waals surface area contributed by atoms with E-state index in [0.29, 0.717) is 18.8 Å². The van der Waals surface area contributed by atoms with Crippen molar-refractivity contribution in [3.8, 4) is 5.75 Å². The van der Waals surface area contributed by atoms with Crippen molar-refractivity contribution in [3.05, 3.63) is 29.8 Å². The van der Waals surface area contributed by atoms with Crippen molar-refractivity contribution in [2.24, 2.45) is 0 Å². The molecule has 0 radical (unpaired) electrons. The fraction of sp³-hybridized carbons (Fsp3) is 0.467. The third kappa shape index (κ3) is 5.55. The van der Waals surface area contributed by atoms with Crippen LogP contribution >= 0.6 is 0 Å². The summed E-state index contributed by atoms with van der Waals surface area (Å²) in [5.41, 5.74) is 1.08. The zero-order chi connectivity index (χ0) is 14.3. The van der Waals surface area contributed by atoms with E-state index in [-0.39, 0.29) is 11.8 Å². The number of hydrogen-bond acceptors (Lipinski definition) is 4. The molecule has 104 valence electrons. The third-order valence-corrected chi connectivity index (χ3v) is 2.62. The van der Waals surface area contributed by atoms with E-state index in [1.165, 1.54) is 0 Å². The summed E-state index contributed by atoms with van der Waals surface area (Å²) in [6.07, 6.45) is 0.644. The van der Waals surface area contributed by atoms with Crippen LogP contribution in [0.1, 0.15) is 32.8 Å². The lowest BCUT2D eigenvalue weighted by Crippen LogP contribution is -2.26. The average Bonchev–Trinajstić information content (AvgIpc) is 2.38. The third-order valence-electron chi connectivity index (χ3n) is 2.62. The molecule has 1 atom stereocenters. The predicted molar refractivity (Wildman–Crippen MR) is 72.2 cm³/mol. The molecule has 0 fully saturated rings. The van der Waals surface area contributed by atoms with E-state index in [4.69, 9.17) is 9.47 Å². The largest absolute Gasteiger partial charge is 0.479 e. The van der Waals surface area contributed by atoms with Crippen molar-refractivity contribution in [1.29, 1.82) is 0 Å². The van der Waals surface area contributed by atoms with Gasteiger partial charge in [0.1, 0.15) is 11.5 Å². The monoisotopic (exact) mass is 264 g/mol. The highest BCUT2D eigenvalue weighted by molar-refractivity contribution is 5.75. The molecule has 0 aliphatic heterocycles. The average molecular weight is 264 g/mol. The molecule has 1 unspecified atom stereocenters. The second kappa shape index (κ2) is 7.56. The summed E-state index contributed by atoms with van der Waals surface area (Å²) >= 11 is 0. The number of rotatable bonds is 7. The van der Waals surface area contributed by atoms with Crippen LogP contribution in [0.25, 0.3) is 0 Å². The SMILES string of the molecule is CCOC(=O)C(C)Oc1ccc(CCC(C)=O)cc1. The van der Waals surface area contributed by atoms with Gasteiger partial charge in [-0.1, -0.05) is 12.1 Å². The smallest absolute Gasteiger partial charge is 0.347 e. The molecular weight excluding hydrogens is 244 g/mol. The molecule has 0 aliphatic carbocycles. The Morgan fingerprint density at radius 3 is 2.37 bits per heavy atom. The fourth-order valence-corrected chi connectivity index (χ4v) is 1.57. The van der Waals surface area contributed by atoms with Crippen LogP contribution in [0.5, 0.6) is 5.75 Å². The van der Waals surface area contributed by atoms with Crippen molar-refractivity contribution >= 4 is 11.8 Å². The van der Waals surface area contributed by atoms with E-state index in [0.717, 1.165) is 12.0 Å². The van der Waals surface area contributed by atoms with Gasteiger partial charge in [-0.15, -0.1) is 0 Å². The molecule has 1 aromatic rings. The van der Waals surface area contributed by atoms with Gasteiger partial charge in [0.2, 0.25) is 0 Å². The number of carbonyl (C=O) groups is 2. The van der Waals surface area contributed by atoms with Crippen LogP contribution in [0.3, 0.4) is 0 Å². The molecule has 4 nitrogen and oxygen atoms in total. The summed E-state index contributed by atoms with van der Waals surface area (Å²) in [5.74, 6) is 0.423. The van der Waals surface area contributed by atoms with Gasteiger partial charge < -0.3 is 14.3 Å². The van der Waals surface area contributed by atoms with Gasteiger partial charge in [0.05, 0.1) is 6.61 Å². The van der Waals surface area contributed by atoms with E-state index >= 15 is 0 Å². The Balaban J connectivity index is 2.52. The summed E-state index contributed by atoms with van der Waals surface area (Å²) in [6, 6.07) is 7.39. The highest BCUT2D eigenvalue weighted by Crippen LogP contribution is 2.15. The van der Waals surface area contributed by atoms with Crippen LogP contribution in [0.4, 0.5) is 0 Å². The van der Waals surface area contributed by atoms with Crippen molar-refractivity contribution in [2.45, 2.75) is 39.7 Å². The van der Waals surface area contributed by atoms with Gasteiger partial charge in [0, 0.05) is 6.42 Å². The molecule has 0 aromatic heterocycles. The number of ketones is 1. The Kier molecular flexibility index (Phi) is 6.06. The number of ether oxygens (including phenoxy) is 2. The Hall–Kier alpha value is -1.84. The number of carbonyl (C=O) groups excluding carboxylic acids is 2. The molecule has 4 heteroatoms. The molecule has 0 saturated carbocycles. The molecule has 0 aliphatic rings. The number of Topliss-reactive ketones (excluding diaryl/α,β-unsaturated/α-hetero) is 1. The van der Waals surface area contributed by atoms with E-state index in [1.807, 2.05) is 12.1 Å². The first-order valence-electron chi connectivity index (χ1n) is 6.44. The van der Waals surface area contributed by atoms with E-state index in [9.17, 15) is 9.59 Å². The summed E-state index contributed by atoms with van der Waals surface area (Å²) in [7, 11) is 0. The Bertz CT molecular complexity index is 422. The van der Waals surface area contributed by atoms with E-state index < -0.39 is 6.10 Å². The highest BCUT2D eigenvalue weighted by atomic mass is 16.6. The number of hydrogen-bond donors (Lipinski definition) is 0. The van der Waals surface area contributed by atoms with E-state index in [2.05, 4.69) is 0 Å². The van der Waals surface area contributed by atoms with Crippen LogP contribution in [0.2, 0.25) is 0 Å². The lowest BCUT2D eigenvalue weighted by atomic mass is 10.1. The van der Waals surface area contributed by atoms with Crippen LogP contribution in [-0.2, 0) is 20.7 Å². The quantitative estimate of drug-likeness (QED) is 0.710. The van der Waals surface area contributed by atoms with Gasteiger partial charge in [-0.2, -0.15) is 0 Å². The number of aryl methyl sites for hydroxylation is 1. The van der Waals surface area contributed by atoms with Crippen LogP contribution in [-0.4, -0.2) is 24.5 Å². The molecule has 0 saturated heterocycles. The standard InChI is InChI=1S/C15H20O4/c1-4-18-15(17)12(3)19-14-9-7-13(8-10-14)6-5-11(2)16/h7-10,12H,4-6H2,1-3H3. The minimum atomic E-state index is -0.622. The van der Waals surface area contributed by atoms with Crippen molar-refractivity contribution in [2.75, 3.05) is 6.61 Å². The van der Waals surface area contributed by atoms with Gasteiger partial charge in [0.25, 0.3) is 0 Å². The Morgan fingerprint density at radius 2 is 1.84 bits per heavy atom. The molecular formula is C15H20O4. The van der Waals surface area contributed by atoms with E-state index in [1.54, 1.807) is 32.9 Å². The molecule has 0 bridgehead atoms. The summed E-state index contributed by atoms with van der Waals surface area (Å²) in [6.45, 7) is 5.34. The minimum absolute atomic E-state index is 0.177. The summed E-state index contributed by atoms with van der Waals surface area (Å²) in [4.78, 5) is 22.3. The van der Waals surface area contributed by atoms with Crippen molar-refractivity contribution < 1.29 is 19.1 Å². The van der Waals surface area contributed by atoms with Gasteiger partial charge in [-0.25, -0.2) is 4.79 Å². The lowest BCUT2D eigenvalue weighted by molar-refractivity contribution is -0.150. The van der Waals surface area contributed by atoms with Crippen molar-refractivity contribution in [1.82, 2.24) is 0 Å². The molecule has 1 rings (SSSR count). The van der Waals surface area contributed by atoms with Gasteiger partial charge >= 0.3 is 5.97 Å². The predicted octanol–water partition coefficient (Wildman–Crippen LogP) is 2.54. The first-order chi connectivity index (χ1) is 9.02. The van der Waals surface area contributed by atoms with Crippen LogP contribution < -0.4 is 4.74 Å². The Morgan fingerprint density at radius 1 is 1.21 bits per heavy atom. The molecule has 0 spiro atoms. The van der Waals surface area contributed by atoms with Gasteiger partial charge in [-0.05, 0) is 44.9 Å². The number of benzene rings is 1. The second-order valence-corrected chi connectivity index (χ2v) is 4.36. The molecule has 0 N–H and O–H groups in total. The summed E-state index contributed by atoms with van der Waals surface area (Å²) in [5, 5.41) is 0. The molecule has 0 heterocycles. The molecule has 1 aromatic carbocycles. The van der Waals surface area contributed by atoms with Crippen LogP contribution in [0.15, 0.2) is 24.3 Å². The normalized spacial score (nSPS) is 11.7. The zero-order valence-electron chi connectivity index (χ0n) is 11.6.